The van der Waals surface area contributed by atoms with E-state index in [0.29, 0.717) is 13.0 Å². The molecule has 1 saturated heterocycles. The summed E-state index contributed by atoms with van der Waals surface area (Å²) in [6.45, 7) is 3.31. The summed E-state index contributed by atoms with van der Waals surface area (Å²) >= 11 is 0. The lowest BCUT2D eigenvalue weighted by Crippen LogP contribution is -2.56. The van der Waals surface area contributed by atoms with Gasteiger partial charge < -0.3 is 10.2 Å². The maximum Gasteiger partial charge on any atom is 0.275 e. The highest BCUT2D eigenvalue weighted by atomic mass is 19.3. The molecule has 0 amide bonds. The van der Waals surface area contributed by atoms with Gasteiger partial charge in [-0.3, -0.25) is 0 Å². The van der Waals surface area contributed by atoms with Crippen molar-refractivity contribution in [3.8, 4) is 0 Å². The molecule has 78 valence electrons. The molecule has 13 heavy (non-hydrogen) atoms. The Labute approximate surface area is 78.3 Å². The fourth-order valence-electron chi connectivity index (χ4n) is 1.68. The highest BCUT2D eigenvalue weighted by molar-refractivity contribution is 4.90. The molecule has 0 radical (unpaired) electrons. The third-order valence-corrected chi connectivity index (χ3v) is 2.43. The monoisotopic (exact) mass is 192 g/mol. The second-order valence-electron chi connectivity index (χ2n) is 3.79. The van der Waals surface area contributed by atoms with Crippen molar-refractivity contribution >= 4 is 0 Å². The Morgan fingerprint density at radius 1 is 1.54 bits per heavy atom. The number of rotatable bonds is 3. The van der Waals surface area contributed by atoms with Crippen molar-refractivity contribution in [2.24, 2.45) is 0 Å². The second kappa shape index (κ2) is 4.33. The van der Waals surface area contributed by atoms with E-state index in [9.17, 15) is 8.78 Å². The summed E-state index contributed by atoms with van der Waals surface area (Å²) in [5, 5.41) is 2.91. The van der Waals surface area contributed by atoms with Gasteiger partial charge in [-0.2, -0.15) is 0 Å². The average molecular weight is 192 g/mol. The predicted molar refractivity (Wildman–Crippen MR) is 49.1 cm³/mol. The Morgan fingerprint density at radius 3 is 2.77 bits per heavy atom. The van der Waals surface area contributed by atoms with Gasteiger partial charge in [0.05, 0.1) is 12.6 Å². The average Bonchev–Trinajstić information content (AvgIpc) is 2.01. The van der Waals surface area contributed by atoms with Crippen LogP contribution in [0.1, 0.15) is 19.8 Å². The molecule has 0 saturated carbocycles. The highest BCUT2D eigenvalue weighted by Crippen LogP contribution is 2.26. The minimum Gasteiger partial charge on any atom is -0.309 e. The van der Waals surface area contributed by atoms with Gasteiger partial charge in [0.2, 0.25) is 0 Å². The molecule has 1 rings (SSSR count). The minimum atomic E-state index is -2.57. The summed E-state index contributed by atoms with van der Waals surface area (Å²) in [5.74, 6) is -2.57. The van der Waals surface area contributed by atoms with Crippen molar-refractivity contribution in [1.29, 1.82) is 0 Å². The predicted octanol–water partition coefficient (Wildman–Crippen LogP) is 1.33. The van der Waals surface area contributed by atoms with Crippen LogP contribution in [-0.2, 0) is 0 Å². The first-order valence-electron chi connectivity index (χ1n) is 4.86. The molecule has 1 atom stereocenters. The summed E-state index contributed by atoms with van der Waals surface area (Å²) in [7, 11) is 1.74. The van der Waals surface area contributed by atoms with Crippen LogP contribution >= 0.6 is 0 Å². The molecule has 1 aliphatic rings. The molecule has 0 aliphatic carbocycles. The van der Waals surface area contributed by atoms with Crippen LogP contribution in [0.25, 0.3) is 0 Å². The lowest BCUT2D eigenvalue weighted by molar-refractivity contribution is -0.0841. The number of nitrogens with zero attached hydrogens (tertiary/aromatic N) is 1. The molecule has 0 bridgehead atoms. The van der Waals surface area contributed by atoms with Crippen LogP contribution in [0, 0.1) is 0 Å². The Morgan fingerprint density at radius 2 is 2.23 bits per heavy atom. The van der Waals surface area contributed by atoms with Gasteiger partial charge in [0.25, 0.3) is 5.92 Å². The Kier molecular flexibility index (Phi) is 3.62. The normalized spacial score (nSPS) is 29.1. The molecule has 0 aromatic carbocycles. The number of hydrogen-bond acceptors (Lipinski definition) is 2. The van der Waals surface area contributed by atoms with Crippen LogP contribution in [-0.4, -0.2) is 43.5 Å². The maximum atomic E-state index is 13.3. The van der Waals surface area contributed by atoms with Gasteiger partial charge in [-0.1, -0.05) is 6.92 Å². The molecule has 1 aliphatic heterocycles. The number of hydrogen-bond donors (Lipinski definition) is 1. The molecule has 1 fully saturated rings. The first kappa shape index (κ1) is 10.9. The number of piperidine rings is 1. The third kappa shape index (κ3) is 2.88. The number of alkyl halides is 2. The standard InChI is InChI=1S/C9H18F2N2/c1-3-5-12-8-4-6-13(2)7-9(8,10)11/h8,12H,3-7H2,1-2H3. The Bertz CT molecular complexity index is 160. The zero-order valence-corrected chi connectivity index (χ0v) is 8.32. The van der Waals surface area contributed by atoms with Crippen molar-refractivity contribution in [1.82, 2.24) is 10.2 Å². The van der Waals surface area contributed by atoms with Crippen molar-refractivity contribution in [3.05, 3.63) is 0 Å². The van der Waals surface area contributed by atoms with E-state index in [0.717, 1.165) is 13.0 Å². The van der Waals surface area contributed by atoms with Gasteiger partial charge in [0.15, 0.2) is 0 Å². The quantitative estimate of drug-likeness (QED) is 0.725. The molecule has 1 unspecified atom stereocenters. The molecule has 1 N–H and O–H groups in total. The molecular weight excluding hydrogens is 174 g/mol. The molecular formula is C9H18F2N2. The lowest BCUT2D eigenvalue weighted by Gasteiger charge is -2.36. The zero-order chi connectivity index (χ0) is 9.90. The van der Waals surface area contributed by atoms with Crippen LogP contribution < -0.4 is 5.32 Å². The van der Waals surface area contributed by atoms with E-state index in [1.54, 1.807) is 11.9 Å². The highest BCUT2D eigenvalue weighted by Gasteiger charge is 2.42. The van der Waals surface area contributed by atoms with Crippen LogP contribution in [0.3, 0.4) is 0 Å². The van der Waals surface area contributed by atoms with Crippen LogP contribution in [0.15, 0.2) is 0 Å². The van der Waals surface area contributed by atoms with Gasteiger partial charge in [-0.15, -0.1) is 0 Å². The molecule has 0 aromatic heterocycles. The van der Waals surface area contributed by atoms with Crippen molar-refractivity contribution in [2.45, 2.75) is 31.7 Å². The first-order valence-corrected chi connectivity index (χ1v) is 4.86. The van der Waals surface area contributed by atoms with Gasteiger partial charge >= 0.3 is 0 Å². The van der Waals surface area contributed by atoms with E-state index in [1.807, 2.05) is 6.92 Å². The Hall–Kier alpha value is -0.220. The summed E-state index contributed by atoms with van der Waals surface area (Å²) in [5.41, 5.74) is 0. The van der Waals surface area contributed by atoms with Gasteiger partial charge in [0, 0.05) is 0 Å². The fourth-order valence-corrected chi connectivity index (χ4v) is 1.68. The Balaban J connectivity index is 2.44. The number of halogens is 2. The lowest BCUT2D eigenvalue weighted by atomic mass is 10.0. The second-order valence-corrected chi connectivity index (χ2v) is 3.79. The fraction of sp³-hybridized carbons (Fsp3) is 1.00. The van der Waals surface area contributed by atoms with Crippen LogP contribution in [0.4, 0.5) is 8.78 Å². The molecule has 4 heteroatoms. The first-order chi connectivity index (χ1) is 6.06. The number of likely N-dealkylation sites (tertiary alicyclic amines) is 1. The van der Waals surface area contributed by atoms with E-state index in [2.05, 4.69) is 5.32 Å². The molecule has 1 heterocycles. The summed E-state index contributed by atoms with van der Waals surface area (Å²) in [6, 6.07) is -0.622. The maximum absolute atomic E-state index is 13.3. The van der Waals surface area contributed by atoms with Crippen molar-refractivity contribution < 1.29 is 8.78 Å². The topological polar surface area (TPSA) is 15.3 Å². The summed E-state index contributed by atoms with van der Waals surface area (Å²) in [6.07, 6.45) is 1.45. The summed E-state index contributed by atoms with van der Waals surface area (Å²) in [4.78, 5) is 1.68. The largest absolute Gasteiger partial charge is 0.309 e. The molecule has 2 nitrogen and oxygen atoms in total. The van der Waals surface area contributed by atoms with Crippen molar-refractivity contribution in [3.63, 3.8) is 0 Å². The van der Waals surface area contributed by atoms with Gasteiger partial charge in [-0.25, -0.2) is 8.78 Å². The van der Waals surface area contributed by atoms with E-state index in [-0.39, 0.29) is 6.54 Å². The molecule has 0 aromatic rings. The third-order valence-electron chi connectivity index (χ3n) is 2.43. The van der Waals surface area contributed by atoms with Crippen LogP contribution in [0.2, 0.25) is 0 Å². The minimum absolute atomic E-state index is 0.117. The van der Waals surface area contributed by atoms with Gasteiger partial charge in [0.1, 0.15) is 0 Å². The molecule has 0 spiro atoms. The van der Waals surface area contributed by atoms with E-state index >= 15 is 0 Å². The summed E-state index contributed by atoms with van der Waals surface area (Å²) < 4.78 is 26.7. The van der Waals surface area contributed by atoms with E-state index < -0.39 is 12.0 Å². The van der Waals surface area contributed by atoms with Gasteiger partial charge in [-0.05, 0) is 33.0 Å². The SMILES string of the molecule is CCCNC1CCN(C)CC1(F)F. The van der Waals surface area contributed by atoms with Crippen molar-refractivity contribution in [2.75, 3.05) is 26.7 Å². The van der Waals surface area contributed by atoms with E-state index in [1.165, 1.54) is 0 Å². The zero-order valence-electron chi connectivity index (χ0n) is 8.32. The van der Waals surface area contributed by atoms with Crippen LogP contribution in [0.5, 0.6) is 0 Å². The number of nitrogens with one attached hydrogen (secondary N) is 1. The smallest absolute Gasteiger partial charge is 0.275 e. The van der Waals surface area contributed by atoms with E-state index in [4.69, 9.17) is 0 Å².